The lowest BCUT2D eigenvalue weighted by atomic mass is 9.93. The molecular weight excluding hydrogens is 428 g/mol. The molecule has 3 rings (SSSR count). The maximum Gasteiger partial charge on any atom is 0.224 e. The number of anilines is 1. The van der Waals surface area contributed by atoms with Gasteiger partial charge in [-0.05, 0) is 55.2 Å². The molecule has 0 aliphatic rings. The zero-order valence-corrected chi connectivity index (χ0v) is 20.0. The number of ether oxygens (including phenoxy) is 1. The third-order valence-electron chi connectivity index (χ3n) is 5.63. The van der Waals surface area contributed by atoms with Crippen molar-refractivity contribution in [2.45, 2.75) is 44.9 Å². The zero-order chi connectivity index (χ0) is 24.6. The highest BCUT2D eigenvalue weighted by Gasteiger charge is 2.20. The number of aliphatic hydroxyl groups excluding tert-OH is 1. The Hall–Kier alpha value is -3.42. The molecule has 1 aromatic heterocycles. The number of pyridine rings is 1. The van der Waals surface area contributed by atoms with Gasteiger partial charge in [-0.2, -0.15) is 0 Å². The van der Waals surface area contributed by atoms with Crippen molar-refractivity contribution in [3.05, 3.63) is 89.1 Å². The standard InChI is InChI=1S/C27H34N4O3/c1-27(2,31-18-24(32)22-11-12-25(28)29-17-22)15-20-9-7-19(8-10-20)14-26(33)30-16-21-5-4-6-23(13-21)34-3/h4-13,17,24,31-32H,14-16,18H2,1-3H3,(H2,28,29)(H,30,33)/t24-/m0/s1. The lowest BCUT2D eigenvalue weighted by Crippen LogP contribution is -2.43. The van der Waals surface area contributed by atoms with Gasteiger partial charge in [0.2, 0.25) is 5.91 Å². The van der Waals surface area contributed by atoms with Crippen LogP contribution < -0.4 is 21.1 Å². The van der Waals surface area contributed by atoms with Crippen LogP contribution in [0.2, 0.25) is 0 Å². The molecule has 0 spiro atoms. The number of carbonyl (C=O) groups is 1. The van der Waals surface area contributed by atoms with Crippen molar-refractivity contribution in [3.63, 3.8) is 0 Å². The Balaban J connectivity index is 1.46. The predicted molar refractivity (Wildman–Crippen MR) is 134 cm³/mol. The van der Waals surface area contributed by atoms with E-state index in [1.807, 2.05) is 36.4 Å². The first kappa shape index (κ1) is 25.2. The van der Waals surface area contributed by atoms with E-state index in [-0.39, 0.29) is 11.4 Å². The van der Waals surface area contributed by atoms with Gasteiger partial charge in [0.05, 0.1) is 19.6 Å². The molecule has 1 atom stereocenters. The molecule has 0 aliphatic heterocycles. The first-order valence-electron chi connectivity index (χ1n) is 11.4. The number of amides is 1. The molecule has 0 saturated carbocycles. The summed E-state index contributed by atoms with van der Waals surface area (Å²) in [7, 11) is 1.63. The molecule has 7 heteroatoms. The van der Waals surface area contributed by atoms with Crippen LogP contribution in [0.4, 0.5) is 5.82 Å². The number of hydrogen-bond acceptors (Lipinski definition) is 6. The monoisotopic (exact) mass is 462 g/mol. The van der Waals surface area contributed by atoms with E-state index in [2.05, 4.69) is 41.6 Å². The lowest BCUT2D eigenvalue weighted by Gasteiger charge is -2.28. The van der Waals surface area contributed by atoms with Crippen molar-refractivity contribution in [2.75, 3.05) is 19.4 Å². The average Bonchev–Trinajstić information content (AvgIpc) is 2.83. The predicted octanol–water partition coefficient (Wildman–Crippen LogP) is 3.18. The van der Waals surface area contributed by atoms with Crippen molar-refractivity contribution >= 4 is 11.7 Å². The highest BCUT2D eigenvalue weighted by Crippen LogP contribution is 2.17. The molecule has 0 saturated heterocycles. The van der Waals surface area contributed by atoms with Crippen molar-refractivity contribution < 1.29 is 14.6 Å². The molecular formula is C27H34N4O3. The Labute approximate surface area is 201 Å². The summed E-state index contributed by atoms with van der Waals surface area (Å²) >= 11 is 0. The topological polar surface area (TPSA) is 110 Å². The molecule has 0 aliphatic carbocycles. The third kappa shape index (κ3) is 7.86. The van der Waals surface area contributed by atoms with Crippen LogP contribution in [-0.4, -0.2) is 35.2 Å². The minimum Gasteiger partial charge on any atom is -0.497 e. The largest absolute Gasteiger partial charge is 0.497 e. The molecule has 0 fully saturated rings. The van der Waals surface area contributed by atoms with Gasteiger partial charge in [0.15, 0.2) is 0 Å². The summed E-state index contributed by atoms with van der Waals surface area (Å²) in [6.07, 6.45) is 2.04. The van der Waals surface area contributed by atoms with Crippen molar-refractivity contribution in [1.82, 2.24) is 15.6 Å². The third-order valence-corrected chi connectivity index (χ3v) is 5.63. The van der Waals surface area contributed by atoms with Gasteiger partial charge >= 0.3 is 0 Å². The number of β-amino-alcohol motifs (C(OH)–C–C–N with tert-alkyl or cyclic N) is 1. The Kier molecular flexibility index (Phi) is 8.62. The molecule has 5 N–H and O–H groups in total. The number of nitrogens with zero attached hydrogens (tertiary/aromatic N) is 1. The van der Waals surface area contributed by atoms with Crippen molar-refractivity contribution in [2.24, 2.45) is 0 Å². The number of hydrogen-bond donors (Lipinski definition) is 4. The first-order chi connectivity index (χ1) is 16.2. The van der Waals surface area contributed by atoms with E-state index in [0.717, 1.165) is 34.4 Å². The minimum atomic E-state index is -0.662. The molecule has 180 valence electrons. The van der Waals surface area contributed by atoms with E-state index in [4.69, 9.17) is 10.5 Å². The molecule has 0 unspecified atom stereocenters. The molecule has 1 amide bonds. The molecule has 2 aromatic carbocycles. The van der Waals surface area contributed by atoms with E-state index >= 15 is 0 Å². The van der Waals surface area contributed by atoms with Crippen LogP contribution in [0.15, 0.2) is 66.9 Å². The fourth-order valence-corrected chi connectivity index (χ4v) is 3.68. The van der Waals surface area contributed by atoms with E-state index in [1.165, 1.54) is 0 Å². The van der Waals surface area contributed by atoms with E-state index in [1.54, 1.807) is 25.4 Å². The second-order valence-electron chi connectivity index (χ2n) is 9.10. The SMILES string of the molecule is COc1cccc(CNC(=O)Cc2ccc(CC(C)(C)NC[C@H](O)c3ccc(N)nc3)cc2)c1. The maximum absolute atomic E-state index is 12.4. The summed E-state index contributed by atoms with van der Waals surface area (Å²) in [4.78, 5) is 16.4. The lowest BCUT2D eigenvalue weighted by molar-refractivity contribution is -0.120. The van der Waals surface area contributed by atoms with Crippen LogP contribution in [0.1, 0.15) is 42.2 Å². The van der Waals surface area contributed by atoms with Gasteiger partial charge in [-0.25, -0.2) is 4.98 Å². The van der Waals surface area contributed by atoms with Crippen LogP contribution in [0.3, 0.4) is 0 Å². The number of carbonyl (C=O) groups excluding carboxylic acids is 1. The van der Waals surface area contributed by atoms with Gasteiger partial charge in [-0.3, -0.25) is 4.79 Å². The molecule has 34 heavy (non-hydrogen) atoms. The van der Waals surface area contributed by atoms with Gasteiger partial charge in [0.25, 0.3) is 0 Å². The highest BCUT2D eigenvalue weighted by molar-refractivity contribution is 5.78. The van der Waals surface area contributed by atoms with E-state index in [0.29, 0.717) is 25.3 Å². The van der Waals surface area contributed by atoms with Crippen LogP contribution in [-0.2, 0) is 24.2 Å². The van der Waals surface area contributed by atoms with Crippen LogP contribution >= 0.6 is 0 Å². The van der Waals surface area contributed by atoms with Gasteiger partial charge in [0.1, 0.15) is 11.6 Å². The number of aliphatic hydroxyl groups is 1. The molecule has 3 aromatic rings. The van der Waals surface area contributed by atoms with E-state index < -0.39 is 6.10 Å². The van der Waals surface area contributed by atoms with Crippen molar-refractivity contribution in [3.8, 4) is 5.75 Å². The number of rotatable bonds is 11. The second kappa shape index (κ2) is 11.6. The maximum atomic E-state index is 12.4. The average molecular weight is 463 g/mol. The van der Waals surface area contributed by atoms with E-state index in [9.17, 15) is 9.90 Å². The fraction of sp³-hybridized carbons (Fsp3) is 0.333. The molecule has 7 nitrogen and oxygen atoms in total. The molecule has 1 heterocycles. The Morgan fingerprint density at radius 2 is 1.82 bits per heavy atom. The summed E-state index contributed by atoms with van der Waals surface area (Å²) in [5.74, 6) is 1.18. The van der Waals surface area contributed by atoms with Crippen molar-refractivity contribution in [1.29, 1.82) is 0 Å². The number of aromatic nitrogens is 1. The first-order valence-corrected chi connectivity index (χ1v) is 11.4. The zero-order valence-electron chi connectivity index (χ0n) is 20.0. The normalized spacial score (nSPS) is 12.2. The van der Waals surface area contributed by atoms with Crippen LogP contribution in [0, 0.1) is 0 Å². The number of benzene rings is 2. The Bertz CT molecular complexity index is 1070. The summed E-state index contributed by atoms with van der Waals surface area (Å²) < 4.78 is 5.22. The summed E-state index contributed by atoms with van der Waals surface area (Å²) in [5, 5.41) is 16.8. The Morgan fingerprint density at radius 1 is 1.09 bits per heavy atom. The van der Waals surface area contributed by atoms with Crippen LogP contribution in [0.25, 0.3) is 0 Å². The Morgan fingerprint density at radius 3 is 2.50 bits per heavy atom. The fourth-order valence-electron chi connectivity index (χ4n) is 3.68. The van der Waals surface area contributed by atoms with Gasteiger partial charge in [0, 0.05) is 30.4 Å². The van der Waals surface area contributed by atoms with Gasteiger partial charge in [-0.15, -0.1) is 0 Å². The number of nitrogen functional groups attached to an aromatic ring is 1. The molecule has 0 radical (unpaired) electrons. The van der Waals surface area contributed by atoms with Crippen LogP contribution in [0.5, 0.6) is 5.75 Å². The number of nitrogens with two attached hydrogens (primary N) is 1. The summed E-state index contributed by atoms with van der Waals surface area (Å²) in [6.45, 7) is 5.07. The number of methoxy groups -OCH3 is 1. The van der Waals surface area contributed by atoms with Gasteiger partial charge < -0.3 is 26.2 Å². The smallest absolute Gasteiger partial charge is 0.224 e. The second-order valence-corrected chi connectivity index (χ2v) is 9.10. The molecule has 0 bridgehead atoms. The quantitative estimate of drug-likeness (QED) is 0.348. The van der Waals surface area contributed by atoms with Gasteiger partial charge in [-0.1, -0.05) is 42.5 Å². The number of nitrogens with one attached hydrogen (secondary N) is 2. The summed E-state index contributed by atoms with van der Waals surface area (Å²) in [6, 6.07) is 19.2. The summed E-state index contributed by atoms with van der Waals surface area (Å²) in [5.41, 5.74) is 9.22. The minimum absolute atomic E-state index is 0.0243. The highest BCUT2D eigenvalue weighted by atomic mass is 16.5.